The molecule has 156 valence electrons. The fourth-order valence-electron chi connectivity index (χ4n) is 3.76. The van der Waals surface area contributed by atoms with Crippen molar-refractivity contribution in [3.05, 3.63) is 61.5 Å². The monoisotopic (exact) mass is 445 g/mol. The maximum atomic E-state index is 13.1. The van der Waals surface area contributed by atoms with Crippen LogP contribution in [0.15, 0.2) is 29.1 Å². The largest absolute Gasteiger partial charge is 0.469 e. The summed E-state index contributed by atoms with van der Waals surface area (Å²) < 4.78 is 6.47. The highest BCUT2D eigenvalue weighted by molar-refractivity contribution is 7.20. The second-order valence-electron chi connectivity index (χ2n) is 7.15. The Labute approximate surface area is 181 Å². The molecule has 1 aliphatic heterocycles. The maximum Gasteiger partial charge on any atom is 0.307 e. The Morgan fingerprint density at radius 3 is 2.87 bits per heavy atom. The molecule has 0 spiro atoms. The van der Waals surface area contributed by atoms with E-state index in [-0.39, 0.29) is 17.9 Å². The first-order valence-electron chi connectivity index (χ1n) is 9.55. The van der Waals surface area contributed by atoms with Gasteiger partial charge in [-0.15, -0.1) is 11.3 Å². The van der Waals surface area contributed by atoms with Gasteiger partial charge in [-0.05, 0) is 30.5 Å². The lowest BCUT2D eigenvalue weighted by Crippen LogP contribution is -2.30. The molecule has 0 fully saturated rings. The molecule has 0 saturated heterocycles. The lowest BCUT2D eigenvalue weighted by atomic mass is 10.0. The maximum absolute atomic E-state index is 13.1. The van der Waals surface area contributed by atoms with E-state index in [2.05, 4.69) is 10.3 Å². The molecule has 30 heavy (non-hydrogen) atoms. The third-order valence-corrected chi connectivity index (χ3v) is 6.83. The average molecular weight is 446 g/mol. The van der Waals surface area contributed by atoms with Crippen LogP contribution in [0.25, 0.3) is 10.2 Å². The van der Waals surface area contributed by atoms with Crippen molar-refractivity contribution in [1.82, 2.24) is 14.9 Å². The standard InChI is InChI=1S/C21H20ClN3O4S/c1-11-17-20(24-15-8-5-9-25(15)21(17)28)30-18(11)19(27)23-14(10-16(26)29-2)12-6-3-4-7-13(12)22/h3-4,6-7,14H,5,8-10H2,1-2H3,(H,23,27)/t14-/m1/s1. The number of nitrogens with zero attached hydrogens (tertiary/aromatic N) is 2. The summed E-state index contributed by atoms with van der Waals surface area (Å²) in [7, 11) is 1.29. The van der Waals surface area contributed by atoms with Gasteiger partial charge in [-0.3, -0.25) is 19.0 Å². The van der Waals surface area contributed by atoms with Crippen LogP contribution in [0.1, 0.15) is 45.5 Å². The summed E-state index contributed by atoms with van der Waals surface area (Å²) in [4.78, 5) is 43.5. The summed E-state index contributed by atoms with van der Waals surface area (Å²) in [5, 5.41) is 3.81. The minimum absolute atomic E-state index is 0.0644. The number of carbonyl (C=O) groups excluding carboxylic acids is 2. The lowest BCUT2D eigenvalue weighted by molar-refractivity contribution is -0.141. The predicted molar refractivity (Wildman–Crippen MR) is 115 cm³/mol. The highest BCUT2D eigenvalue weighted by Gasteiger charge is 2.26. The van der Waals surface area contributed by atoms with E-state index in [9.17, 15) is 14.4 Å². The summed E-state index contributed by atoms with van der Waals surface area (Å²) >= 11 is 7.49. The van der Waals surface area contributed by atoms with Crippen LogP contribution in [0, 0.1) is 6.92 Å². The zero-order valence-electron chi connectivity index (χ0n) is 16.5. The van der Waals surface area contributed by atoms with Gasteiger partial charge < -0.3 is 10.1 Å². The molecule has 9 heteroatoms. The van der Waals surface area contributed by atoms with Crippen molar-refractivity contribution >= 4 is 45.0 Å². The number of rotatable bonds is 5. The van der Waals surface area contributed by atoms with Crippen LogP contribution in [0.3, 0.4) is 0 Å². The van der Waals surface area contributed by atoms with Crippen LogP contribution in [0.5, 0.6) is 0 Å². The van der Waals surface area contributed by atoms with Gasteiger partial charge in [-0.2, -0.15) is 0 Å². The van der Waals surface area contributed by atoms with E-state index in [0.29, 0.717) is 37.8 Å². The number of thiophene rings is 1. The highest BCUT2D eigenvalue weighted by atomic mass is 35.5. The van der Waals surface area contributed by atoms with E-state index in [0.717, 1.165) is 18.7 Å². The van der Waals surface area contributed by atoms with Crippen molar-refractivity contribution < 1.29 is 14.3 Å². The van der Waals surface area contributed by atoms with E-state index in [1.165, 1.54) is 18.4 Å². The van der Waals surface area contributed by atoms with Gasteiger partial charge in [-0.25, -0.2) is 4.98 Å². The quantitative estimate of drug-likeness (QED) is 0.608. The summed E-state index contributed by atoms with van der Waals surface area (Å²) in [5.41, 5.74) is 1.12. The van der Waals surface area contributed by atoms with Gasteiger partial charge in [0.05, 0.1) is 29.8 Å². The molecule has 1 aromatic carbocycles. The summed E-state index contributed by atoms with van der Waals surface area (Å²) in [6, 6.07) is 6.35. The number of ether oxygens (including phenoxy) is 1. The Kier molecular flexibility index (Phi) is 5.62. The van der Waals surface area contributed by atoms with Crippen LogP contribution in [-0.2, 0) is 22.5 Å². The molecule has 1 aliphatic rings. The zero-order valence-corrected chi connectivity index (χ0v) is 18.1. The fraction of sp³-hybridized carbons (Fsp3) is 0.333. The van der Waals surface area contributed by atoms with E-state index >= 15 is 0 Å². The van der Waals surface area contributed by atoms with Gasteiger partial charge in [0.15, 0.2) is 0 Å². The number of hydrogen-bond donors (Lipinski definition) is 1. The molecular formula is C21H20ClN3O4S. The van der Waals surface area contributed by atoms with Crippen molar-refractivity contribution in [3.8, 4) is 0 Å². The number of fused-ring (bicyclic) bond motifs is 2. The van der Waals surface area contributed by atoms with E-state index in [1.807, 2.05) is 0 Å². The van der Waals surface area contributed by atoms with Crippen molar-refractivity contribution in [3.63, 3.8) is 0 Å². The van der Waals surface area contributed by atoms with E-state index < -0.39 is 12.0 Å². The normalized spacial score (nSPS) is 13.8. The predicted octanol–water partition coefficient (Wildman–Crippen LogP) is 3.40. The fourth-order valence-corrected chi connectivity index (χ4v) is 5.12. The minimum atomic E-state index is -0.665. The van der Waals surface area contributed by atoms with Crippen LogP contribution in [0.2, 0.25) is 5.02 Å². The first kappa shape index (κ1) is 20.6. The Hall–Kier alpha value is -2.71. The molecule has 0 bridgehead atoms. The molecule has 0 unspecified atom stereocenters. The van der Waals surface area contributed by atoms with E-state index in [4.69, 9.17) is 16.3 Å². The Bertz CT molecular complexity index is 1220. The number of esters is 1. The number of halogens is 1. The van der Waals surface area contributed by atoms with Gasteiger partial charge in [0.2, 0.25) is 0 Å². The summed E-state index contributed by atoms with van der Waals surface area (Å²) in [6.45, 7) is 2.41. The van der Waals surface area contributed by atoms with Gasteiger partial charge in [-0.1, -0.05) is 29.8 Å². The van der Waals surface area contributed by atoms with Gasteiger partial charge in [0.25, 0.3) is 11.5 Å². The van der Waals surface area contributed by atoms with Crippen LogP contribution in [-0.4, -0.2) is 28.5 Å². The Morgan fingerprint density at radius 1 is 1.37 bits per heavy atom. The summed E-state index contributed by atoms with van der Waals surface area (Å²) in [6.07, 6.45) is 1.60. The number of nitrogens with one attached hydrogen (secondary N) is 1. The molecular weight excluding hydrogens is 426 g/mol. The van der Waals surface area contributed by atoms with Crippen LogP contribution < -0.4 is 10.9 Å². The molecule has 0 aliphatic carbocycles. The third kappa shape index (κ3) is 3.61. The van der Waals surface area contributed by atoms with E-state index in [1.54, 1.807) is 35.8 Å². The van der Waals surface area contributed by atoms with Gasteiger partial charge in [0, 0.05) is 18.0 Å². The number of aryl methyl sites for hydroxylation is 2. The lowest BCUT2D eigenvalue weighted by Gasteiger charge is -2.19. The number of hydrogen-bond acceptors (Lipinski definition) is 6. The molecule has 3 aromatic rings. The Morgan fingerprint density at radius 2 is 2.13 bits per heavy atom. The number of methoxy groups -OCH3 is 1. The molecule has 1 atom stereocenters. The van der Waals surface area contributed by atoms with Crippen LogP contribution in [0.4, 0.5) is 0 Å². The topological polar surface area (TPSA) is 90.3 Å². The molecule has 3 heterocycles. The third-order valence-electron chi connectivity index (χ3n) is 5.30. The number of aromatic nitrogens is 2. The second-order valence-corrected chi connectivity index (χ2v) is 8.56. The SMILES string of the molecule is COC(=O)C[C@@H](NC(=O)c1sc2nc3n(c(=O)c2c1C)CCC3)c1ccccc1Cl. The molecule has 0 radical (unpaired) electrons. The van der Waals surface area contributed by atoms with Gasteiger partial charge >= 0.3 is 5.97 Å². The van der Waals surface area contributed by atoms with Crippen LogP contribution >= 0.6 is 22.9 Å². The van der Waals surface area contributed by atoms with Gasteiger partial charge in [0.1, 0.15) is 10.7 Å². The molecule has 1 N–H and O–H groups in total. The first-order chi connectivity index (χ1) is 14.4. The first-order valence-corrected chi connectivity index (χ1v) is 10.7. The average Bonchev–Trinajstić information content (AvgIpc) is 3.33. The number of carbonyl (C=O) groups is 2. The molecule has 4 rings (SSSR count). The van der Waals surface area contributed by atoms with Crippen molar-refractivity contribution in [2.24, 2.45) is 0 Å². The minimum Gasteiger partial charge on any atom is -0.469 e. The molecule has 7 nitrogen and oxygen atoms in total. The number of amides is 1. The number of benzene rings is 1. The molecule has 0 saturated carbocycles. The second kappa shape index (κ2) is 8.20. The zero-order chi connectivity index (χ0) is 21.4. The molecule has 2 aromatic heterocycles. The summed E-state index contributed by atoms with van der Waals surface area (Å²) in [5.74, 6) is -0.0844. The van der Waals surface area contributed by atoms with Crippen molar-refractivity contribution in [2.75, 3.05) is 7.11 Å². The smallest absolute Gasteiger partial charge is 0.307 e. The van der Waals surface area contributed by atoms with Crippen molar-refractivity contribution in [2.45, 2.75) is 38.8 Å². The highest BCUT2D eigenvalue weighted by Crippen LogP contribution is 2.30. The molecule has 1 amide bonds. The van der Waals surface area contributed by atoms with Crippen molar-refractivity contribution in [1.29, 1.82) is 0 Å². The Balaban J connectivity index is 1.71.